The van der Waals surface area contributed by atoms with Gasteiger partial charge in [0.25, 0.3) is 0 Å². The Morgan fingerprint density at radius 1 is 1.07 bits per heavy atom. The van der Waals surface area contributed by atoms with Gasteiger partial charge in [-0.05, 0) is 37.3 Å². The van der Waals surface area contributed by atoms with E-state index in [0.29, 0.717) is 25.0 Å². The fourth-order valence-corrected chi connectivity index (χ4v) is 4.52. The molecule has 1 heterocycles. The topological polar surface area (TPSA) is 79.0 Å². The van der Waals surface area contributed by atoms with Crippen molar-refractivity contribution in [2.24, 2.45) is 0 Å². The molecule has 0 saturated carbocycles. The number of ether oxygens (including phenoxy) is 1. The van der Waals surface area contributed by atoms with Crippen molar-refractivity contribution < 1.29 is 26.7 Å². The predicted octanol–water partition coefficient (Wildman–Crippen LogP) is 2.37. The van der Waals surface area contributed by atoms with Gasteiger partial charge in [0, 0.05) is 26.2 Å². The molecule has 1 N–H and O–H groups in total. The second kappa shape index (κ2) is 9.40. The van der Waals surface area contributed by atoms with E-state index in [1.54, 1.807) is 0 Å². The summed E-state index contributed by atoms with van der Waals surface area (Å²) in [4.78, 5) is 13.0. The van der Waals surface area contributed by atoms with Crippen molar-refractivity contribution in [1.82, 2.24) is 14.5 Å². The molecule has 2 amide bonds. The van der Waals surface area contributed by atoms with Crippen LogP contribution in [0.15, 0.2) is 47.4 Å². The zero-order valence-corrected chi connectivity index (χ0v) is 17.3. The molecule has 0 atom stereocenters. The molecule has 0 aromatic heterocycles. The largest absolute Gasteiger partial charge is 0.492 e. The van der Waals surface area contributed by atoms with Gasteiger partial charge in [-0.15, -0.1) is 0 Å². The first-order valence-electron chi connectivity index (χ1n) is 9.45. The van der Waals surface area contributed by atoms with Gasteiger partial charge in [-0.25, -0.2) is 22.0 Å². The first kappa shape index (κ1) is 22.0. The average Bonchev–Trinajstić information content (AvgIpc) is 2.74. The number of carbonyl (C=O) groups is 1. The molecule has 2 aromatic rings. The van der Waals surface area contributed by atoms with Crippen molar-refractivity contribution in [2.45, 2.75) is 11.8 Å². The summed E-state index contributed by atoms with van der Waals surface area (Å²) >= 11 is 0. The molecule has 0 unspecified atom stereocenters. The number of halogens is 2. The SMILES string of the molecule is Cc1ccc(OCCNC(=O)N2CCN(S(=O)(=O)c3cc(F)ccc3F)CC2)cc1. The lowest BCUT2D eigenvalue weighted by molar-refractivity contribution is 0.170. The third kappa shape index (κ3) is 5.25. The average molecular weight is 439 g/mol. The van der Waals surface area contributed by atoms with E-state index in [9.17, 15) is 22.0 Å². The summed E-state index contributed by atoms with van der Waals surface area (Å²) < 4.78 is 59.0. The van der Waals surface area contributed by atoms with Crippen LogP contribution < -0.4 is 10.1 Å². The number of nitrogens with zero attached hydrogens (tertiary/aromatic N) is 2. The Labute approximate surface area is 174 Å². The lowest BCUT2D eigenvalue weighted by atomic mass is 10.2. The fraction of sp³-hybridized carbons (Fsp3) is 0.350. The van der Waals surface area contributed by atoms with Gasteiger partial charge in [-0.3, -0.25) is 0 Å². The molecule has 2 aromatic carbocycles. The second-order valence-corrected chi connectivity index (χ2v) is 8.77. The van der Waals surface area contributed by atoms with Crippen LogP contribution in [-0.2, 0) is 10.0 Å². The highest BCUT2D eigenvalue weighted by Crippen LogP contribution is 2.21. The molecule has 0 bridgehead atoms. The number of urea groups is 1. The van der Waals surface area contributed by atoms with Gasteiger partial charge in [0.2, 0.25) is 10.0 Å². The zero-order valence-electron chi connectivity index (χ0n) is 16.5. The first-order chi connectivity index (χ1) is 14.3. The lowest BCUT2D eigenvalue weighted by Crippen LogP contribution is -2.53. The second-order valence-electron chi connectivity index (χ2n) is 6.86. The summed E-state index contributed by atoms with van der Waals surface area (Å²) in [5, 5.41) is 2.72. The summed E-state index contributed by atoms with van der Waals surface area (Å²) in [7, 11) is -4.18. The van der Waals surface area contributed by atoms with Gasteiger partial charge in [0.15, 0.2) is 0 Å². The Balaban J connectivity index is 1.47. The third-order valence-corrected chi connectivity index (χ3v) is 6.62. The van der Waals surface area contributed by atoms with Gasteiger partial charge in [0.05, 0.1) is 6.54 Å². The predicted molar refractivity (Wildman–Crippen MR) is 107 cm³/mol. The molecule has 3 rings (SSSR count). The van der Waals surface area contributed by atoms with E-state index in [-0.39, 0.29) is 32.2 Å². The van der Waals surface area contributed by atoms with Gasteiger partial charge >= 0.3 is 6.03 Å². The molecule has 30 heavy (non-hydrogen) atoms. The molecule has 10 heteroatoms. The molecule has 0 radical (unpaired) electrons. The first-order valence-corrected chi connectivity index (χ1v) is 10.9. The Bertz CT molecular complexity index is 992. The molecule has 0 aliphatic carbocycles. The molecular weight excluding hydrogens is 416 g/mol. The summed E-state index contributed by atoms with van der Waals surface area (Å²) in [6.45, 7) is 2.82. The maximum atomic E-state index is 13.9. The van der Waals surface area contributed by atoms with Gasteiger partial charge in [0.1, 0.15) is 28.9 Å². The van der Waals surface area contributed by atoms with E-state index < -0.39 is 26.6 Å². The van der Waals surface area contributed by atoms with Gasteiger partial charge in [-0.1, -0.05) is 17.7 Å². The highest BCUT2D eigenvalue weighted by atomic mass is 32.2. The van der Waals surface area contributed by atoms with Crippen LogP contribution in [0.4, 0.5) is 13.6 Å². The van der Waals surface area contributed by atoms with Crippen molar-refractivity contribution >= 4 is 16.1 Å². The molecule has 0 spiro atoms. The van der Waals surface area contributed by atoms with E-state index in [0.717, 1.165) is 22.0 Å². The Morgan fingerprint density at radius 2 is 1.73 bits per heavy atom. The molecular formula is C20H23F2N3O4S. The Morgan fingerprint density at radius 3 is 2.40 bits per heavy atom. The van der Waals surface area contributed by atoms with Crippen LogP contribution in [0.3, 0.4) is 0 Å². The number of piperazine rings is 1. The maximum Gasteiger partial charge on any atom is 0.317 e. The Hall–Kier alpha value is -2.72. The molecule has 1 aliphatic rings. The minimum atomic E-state index is -4.18. The van der Waals surface area contributed by atoms with Crippen LogP contribution in [0.1, 0.15) is 5.56 Å². The number of hydrogen-bond donors (Lipinski definition) is 1. The van der Waals surface area contributed by atoms with Crippen molar-refractivity contribution in [2.75, 3.05) is 39.3 Å². The lowest BCUT2D eigenvalue weighted by Gasteiger charge is -2.34. The van der Waals surface area contributed by atoms with E-state index >= 15 is 0 Å². The van der Waals surface area contributed by atoms with E-state index in [1.807, 2.05) is 31.2 Å². The van der Waals surface area contributed by atoms with Crippen LogP contribution in [0.5, 0.6) is 5.75 Å². The molecule has 7 nitrogen and oxygen atoms in total. The molecule has 1 aliphatic heterocycles. The number of carbonyl (C=O) groups excluding carboxylic acids is 1. The van der Waals surface area contributed by atoms with Crippen LogP contribution in [0, 0.1) is 18.6 Å². The van der Waals surface area contributed by atoms with Crippen molar-refractivity contribution in [3.63, 3.8) is 0 Å². The quantitative estimate of drug-likeness (QED) is 0.701. The van der Waals surface area contributed by atoms with Crippen molar-refractivity contribution in [1.29, 1.82) is 0 Å². The van der Waals surface area contributed by atoms with E-state index in [1.165, 1.54) is 4.90 Å². The van der Waals surface area contributed by atoms with E-state index in [4.69, 9.17) is 4.74 Å². The minimum Gasteiger partial charge on any atom is -0.492 e. The Kier molecular flexibility index (Phi) is 6.88. The molecule has 162 valence electrons. The van der Waals surface area contributed by atoms with E-state index in [2.05, 4.69) is 5.32 Å². The smallest absolute Gasteiger partial charge is 0.317 e. The molecule has 1 saturated heterocycles. The third-order valence-electron chi connectivity index (χ3n) is 4.70. The number of hydrogen-bond acceptors (Lipinski definition) is 4. The fourth-order valence-electron chi connectivity index (χ4n) is 3.02. The number of nitrogens with one attached hydrogen (secondary N) is 1. The standard InChI is InChI=1S/C20H23F2N3O4S/c1-15-2-5-17(6-3-15)29-13-8-23-20(26)24-9-11-25(12-10-24)30(27,28)19-14-16(21)4-7-18(19)22/h2-7,14H,8-13H2,1H3,(H,23,26). The highest BCUT2D eigenvalue weighted by molar-refractivity contribution is 7.89. The van der Waals surface area contributed by atoms with Crippen LogP contribution in [0.25, 0.3) is 0 Å². The van der Waals surface area contributed by atoms with Crippen molar-refractivity contribution in [3.05, 3.63) is 59.7 Å². The van der Waals surface area contributed by atoms with Crippen LogP contribution in [0.2, 0.25) is 0 Å². The van der Waals surface area contributed by atoms with Crippen molar-refractivity contribution in [3.8, 4) is 5.75 Å². The molecule has 1 fully saturated rings. The number of aryl methyl sites for hydroxylation is 1. The summed E-state index contributed by atoms with van der Waals surface area (Å²) in [5.74, 6) is -1.13. The van der Waals surface area contributed by atoms with Gasteiger partial charge < -0.3 is 15.0 Å². The number of benzene rings is 2. The maximum absolute atomic E-state index is 13.9. The summed E-state index contributed by atoms with van der Waals surface area (Å²) in [6, 6.07) is 9.52. The number of amides is 2. The van der Waals surface area contributed by atoms with Crippen LogP contribution in [-0.4, -0.2) is 63.0 Å². The normalized spacial score (nSPS) is 15.1. The number of rotatable bonds is 6. The minimum absolute atomic E-state index is 0.00836. The van der Waals surface area contributed by atoms with Crippen LogP contribution >= 0.6 is 0 Å². The number of sulfonamides is 1. The van der Waals surface area contributed by atoms with Gasteiger partial charge in [-0.2, -0.15) is 4.31 Å². The monoisotopic (exact) mass is 439 g/mol. The highest BCUT2D eigenvalue weighted by Gasteiger charge is 2.32. The summed E-state index contributed by atoms with van der Waals surface area (Å²) in [5.41, 5.74) is 1.12. The summed E-state index contributed by atoms with van der Waals surface area (Å²) in [6.07, 6.45) is 0. The zero-order chi connectivity index (χ0) is 21.7.